The lowest BCUT2D eigenvalue weighted by molar-refractivity contribution is -0.188. The molecule has 1 heterocycles. The van der Waals surface area contributed by atoms with Crippen molar-refractivity contribution >= 4 is 23.2 Å². The van der Waals surface area contributed by atoms with Crippen molar-refractivity contribution in [3.05, 3.63) is 28.8 Å². The van der Waals surface area contributed by atoms with Gasteiger partial charge >= 0.3 is 6.18 Å². The standard InChI is InChI=1S/C16H20ClF3N2O2/c1-11-3-4-13(17)9-14(11)21-5-7-22(8-6-21)15(23)12(2)24-10-16(18,19)20/h3-4,9,12H,5-8,10H2,1-2H3. The average molecular weight is 365 g/mol. The van der Waals surface area contributed by atoms with Crippen LogP contribution in [0.25, 0.3) is 0 Å². The van der Waals surface area contributed by atoms with E-state index >= 15 is 0 Å². The molecule has 0 saturated carbocycles. The quantitative estimate of drug-likeness (QED) is 0.822. The Kier molecular flexibility index (Phi) is 5.98. The maximum absolute atomic E-state index is 12.2. The van der Waals surface area contributed by atoms with Crippen LogP contribution >= 0.6 is 11.6 Å². The van der Waals surface area contributed by atoms with E-state index in [0.29, 0.717) is 31.2 Å². The van der Waals surface area contributed by atoms with Crippen LogP contribution in [0.2, 0.25) is 5.02 Å². The van der Waals surface area contributed by atoms with E-state index in [1.54, 1.807) is 0 Å². The molecule has 0 radical (unpaired) electrons. The van der Waals surface area contributed by atoms with Crippen LogP contribution in [0, 0.1) is 6.92 Å². The molecule has 0 spiro atoms. The first-order chi connectivity index (χ1) is 11.2. The van der Waals surface area contributed by atoms with E-state index in [1.807, 2.05) is 25.1 Å². The number of carbonyl (C=O) groups excluding carboxylic acids is 1. The highest BCUT2D eigenvalue weighted by Crippen LogP contribution is 2.25. The lowest BCUT2D eigenvalue weighted by atomic mass is 10.1. The number of halogens is 4. The molecular weight excluding hydrogens is 345 g/mol. The fourth-order valence-corrected chi connectivity index (χ4v) is 2.81. The molecule has 2 rings (SSSR count). The minimum absolute atomic E-state index is 0.415. The monoisotopic (exact) mass is 364 g/mol. The van der Waals surface area contributed by atoms with E-state index in [4.69, 9.17) is 11.6 Å². The van der Waals surface area contributed by atoms with Gasteiger partial charge in [-0.2, -0.15) is 13.2 Å². The molecule has 0 aromatic heterocycles. The SMILES string of the molecule is Cc1ccc(Cl)cc1N1CCN(C(=O)C(C)OCC(F)(F)F)CC1. The molecule has 0 aliphatic carbocycles. The van der Waals surface area contributed by atoms with Crippen LogP contribution in [0.5, 0.6) is 0 Å². The number of benzene rings is 1. The molecule has 1 aromatic carbocycles. The summed E-state index contributed by atoms with van der Waals surface area (Å²) >= 11 is 6.03. The molecule has 1 saturated heterocycles. The van der Waals surface area contributed by atoms with Crippen LogP contribution in [0.3, 0.4) is 0 Å². The summed E-state index contributed by atoms with van der Waals surface area (Å²) in [6.45, 7) is 3.98. The second-order valence-electron chi connectivity index (χ2n) is 5.81. The molecule has 1 fully saturated rings. The Morgan fingerprint density at radius 1 is 1.29 bits per heavy atom. The first kappa shape index (κ1) is 18.9. The molecule has 24 heavy (non-hydrogen) atoms. The van der Waals surface area contributed by atoms with Crippen molar-refractivity contribution in [1.82, 2.24) is 4.90 Å². The summed E-state index contributed by atoms with van der Waals surface area (Å²) in [6.07, 6.45) is -5.54. The van der Waals surface area contributed by atoms with E-state index in [9.17, 15) is 18.0 Å². The van der Waals surface area contributed by atoms with Gasteiger partial charge < -0.3 is 14.5 Å². The summed E-state index contributed by atoms with van der Waals surface area (Å²) in [5.41, 5.74) is 2.09. The first-order valence-electron chi connectivity index (χ1n) is 7.65. The highest BCUT2D eigenvalue weighted by molar-refractivity contribution is 6.30. The van der Waals surface area contributed by atoms with Crippen LogP contribution in [0.15, 0.2) is 18.2 Å². The summed E-state index contributed by atoms with van der Waals surface area (Å²) in [4.78, 5) is 15.8. The number of alkyl halides is 3. The van der Waals surface area contributed by atoms with Crippen molar-refractivity contribution in [1.29, 1.82) is 0 Å². The lowest BCUT2D eigenvalue weighted by Gasteiger charge is -2.37. The highest BCUT2D eigenvalue weighted by Gasteiger charge is 2.32. The lowest BCUT2D eigenvalue weighted by Crippen LogP contribution is -2.51. The number of hydrogen-bond donors (Lipinski definition) is 0. The Bertz CT molecular complexity index is 587. The maximum atomic E-state index is 12.2. The summed E-state index contributed by atoms with van der Waals surface area (Å²) < 4.78 is 41.1. The summed E-state index contributed by atoms with van der Waals surface area (Å²) in [6, 6.07) is 5.63. The van der Waals surface area contributed by atoms with Crippen molar-refractivity contribution in [3.8, 4) is 0 Å². The number of hydrogen-bond acceptors (Lipinski definition) is 3. The second-order valence-corrected chi connectivity index (χ2v) is 6.25. The minimum atomic E-state index is -4.43. The zero-order valence-electron chi connectivity index (χ0n) is 13.6. The van der Waals surface area contributed by atoms with E-state index in [1.165, 1.54) is 11.8 Å². The number of nitrogens with zero attached hydrogens (tertiary/aromatic N) is 2. The van der Waals surface area contributed by atoms with Crippen LogP contribution in [0.1, 0.15) is 12.5 Å². The maximum Gasteiger partial charge on any atom is 0.411 e. The summed E-state index contributed by atoms with van der Waals surface area (Å²) in [5, 5.41) is 0.642. The van der Waals surface area contributed by atoms with Crippen molar-refractivity contribution in [2.75, 3.05) is 37.7 Å². The van der Waals surface area contributed by atoms with Gasteiger partial charge in [0.15, 0.2) is 0 Å². The first-order valence-corrected chi connectivity index (χ1v) is 8.03. The molecule has 1 aliphatic rings. The van der Waals surface area contributed by atoms with Gasteiger partial charge in [-0.1, -0.05) is 17.7 Å². The average Bonchev–Trinajstić information content (AvgIpc) is 2.53. The number of amides is 1. The van der Waals surface area contributed by atoms with Gasteiger partial charge in [0, 0.05) is 36.9 Å². The van der Waals surface area contributed by atoms with Gasteiger partial charge in [0.2, 0.25) is 0 Å². The van der Waals surface area contributed by atoms with Gasteiger partial charge in [0.25, 0.3) is 5.91 Å². The molecule has 0 bridgehead atoms. The van der Waals surface area contributed by atoms with Crippen LogP contribution in [0.4, 0.5) is 18.9 Å². The van der Waals surface area contributed by atoms with Crippen LogP contribution < -0.4 is 4.90 Å². The normalized spacial score (nSPS) is 17.1. The van der Waals surface area contributed by atoms with E-state index < -0.39 is 24.8 Å². The van der Waals surface area contributed by atoms with Crippen molar-refractivity contribution in [2.45, 2.75) is 26.1 Å². The smallest absolute Gasteiger partial charge is 0.368 e. The van der Waals surface area contributed by atoms with Gasteiger partial charge in [-0.3, -0.25) is 4.79 Å². The molecule has 1 aliphatic heterocycles. The molecular formula is C16H20ClF3N2O2. The Morgan fingerprint density at radius 2 is 1.92 bits per heavy atom. The van der Waals surface area contributed by atoms with Gasteiger partial charge in [-0.15, -0.1) is 0 Å². The number of piperazine rings is 1. The van der Waals surface area contributed by atoms with Crippen LogP contribution in [-0.4, -0.2) is 55.9 Å². The minimum Gasteiger partial charge on any atom is -0.368 e. The number of anilines is 1. The molecule has 0 N–H and O–H groups in total. The molecule has 4 nitrogen and oxygen atoms in total. The Hall–Kier alpha value is -1.47. The van der Waals surface area contributed by atoms with Crippen molar-refractivity contribution < 1.29 is 22.7 Å². The van der Waals surface area contributed by atoms with Crippen molar-refractivity contribution in [2.24, 2.45) is 0 Å². The number of rotatable bonds is 4. The van der Waals surface area contributed by atoms with Gasteiger partial charge in [0.1, 0.15) is 12.7 Å². The largest absolute Gasteiger partial charge is 0.411 e. The zero-order chi connectivity index (χ0) is 17.9. The van der Waals surface area contributed by atoms with Gasteiger partial charge in [-0.05, 0) is 31.5 Å². The number of aryl methyl sites for hydroxylation is 1. The van der Waals surface area contributed by atoms with E-state index in [0.717, 1.165) is 11.3 Å². The molecule has 1 atom stereocenters. The fourth-order valence-electron chi connectivity index (χ4n) is 2.64. The van der Waals surface area contributed by atoms with Crippen molar-refractivity contribution in [3.63, 3.8) is 0 Å². The van der Waals surface area contributed by atoms with E-state index in [-0.39, 0.29) is 0 Å². The Morgan fingerprint density at radius 3 is 2.50 bits per heavy atom. The third kappa shape index (κ3) is 5.01. The molecule has 1 aromatic rings. The fraction of sp³-hybridized carbons (Fsp3) is 0.562. The summed E-state index contributed by atoms with van der Waals surface area (Å²) in [7, 11) is 0. The molecule has 1 amide bonds. The highest BCUT2D eigenvalue weighted by atomic mass is 35.5. The molecule has 134 valence electrons. The predicted molar refractivity (Wildman–Crippen MR) is 86.5 cm³/mol. The van der Waals surface area contributed by atoms with E-state index in [2.05, 4.69) is 9.64 Å². The third-order valence-electron chi connectivity index (χ3n) is 3.95. The topological polar surface area (TPSA) is 32.8 Å². The second kappa shape index (κ2) is 7.61. The molecule has 8 heteroatoms. The predicted octanol–water partition coefficient (Wildman–Crippen LogP) is 3.26. The van der Waals surface area contributed by atoms with Gasteiger partial charge in [-0.25, -0.2) is 0 Å². The third-order valence-corrected chi connectivity index (χ3v) is 4.18. The number of ether oxygens (including phenoxy) is 1. The molecule has 1 unspecified atom stereocenters. The van der Waals surface area contributed by atoms with Gasteiger partial charge in [0.05, 0.1) is 0 Å². The number of carbonyl (C=O) groups is 1. The Balaban J connectivity index is 1.90. The van der Waals surface area contributed by atoms with Crippen LogP contribution in [-0.2, 0) is 9.53 Å². The zero-order valence-corrected chi connectivity index (χ0v) is 14.3. The Labute approximate surface area is 144 Å². The summed E-state index contributed by atoms with van der Waals surface area (Å²) in [5.74, 6) is -0.415.